The zero-order chi connectivity index (χ0) is 13.1. The van der Waals surface area contributed by atoms with Crippen LogP contribution in [0.25, 0.3) is 11.0 Å². The molecule has 1 unspecified atom stereocenters. The van der Waals surface area contributed by atoms with Crippen molar-refractivity contribution in [3.63, 3.8) is 0 Å². The van der Waals surface area contributed by atoms with Crippen molar-refractivity contribution in [1.82, 2.24) is 9.97 Å². The maximum absolute atomic E-state index is 5.85. The van der Waals surface area contributed by atoms with Crippen LogP contribution in [0.4, 0.5) is 0 Å². The van der Waals surface area contributed by atoms with Crippen LogP contribution in [0.15, 0.2) is 18.2 Å². The molecule has 3 heteroatoms. The fourth-order valence-electron chi connectivity index (χ4n) is 2.48. The zero-order valence-corrected chi connectivity index (χ0v) is 11.5. The summed E-state index contributed by atoms with van der Waals surface area (Å²) in [6.45, 7) is 7.31. The van der Waals surface area contributed by atoms with E-state index in [1.54, 1.807) is 0 Å². The molecule has 2 rings (SSSR count). The van der Waals surface area contributed by atoms with Gasteiger partial charge in [-0.05, 0) is 49.4 Å². The van der Waals surface area contributed by atoms with Crippen molar-refractivity contribution in [2.24, 2.45) is 17.6 Å². The number of imidazole rings is 1. The fourth-order valence-corrected chi connectivity index (χ4v) is 2.48. The van der Waals surface area contributed by atoms with Gasteiger partial charge in [-0.2, -0.15) is 0 Å². The van der Waals surface area contributed by atoms with E-state index < -0.39 is 0 Å². The van der Waals surface area contributed by atoms with Gasteiger partial charge in [0.2, 0.25) is 0 Å². The molecule has 0 saturated heterocycles. The van der Waals surface area contributed by atoms with E-state index >= 15 is 0 Å². The largest absolute Gasteiger partial charge is 0.342 e. The molecule has 18 heavy (non-hydrogen) atoms. The molecule has 0 amide bonds. The lowest BCUT2D eigenvalue weighted by Gasteiger charge is -2.15. The van der Waals surface area contributed by atoms with E-state index in [-0.39, 0.29) is 0 Å². The van der Waals surface area contributed by atoms with Gasteiger partial charge in [0.05, 0.1) is 11.0 Å². The third-order valence-corrected chi connectivity index (χ3v) is 3.31. The molecule has 1 aromatic heterocycles. The van der Waals surface area contributed by atoms with Crippen LogP contribution in [0.5, 0.6) is 0 Å². The first-order chi connectivity index (χ1) is 8.58. The Kier molecular flexibility index (Phi) is 4.02. The Balaban J connectivity index is 2.15. The summed E-state index contributed by atoms with van der Waals surface area (Å²) in [6, 6.07) is 6.32. The van der Waals surface area contributed by atoms with Crippen molar-refractivity contribution in [1.29, 1.82) is 0 Å². The van der Waals surface area contributed by atoms with Crippen LogP contribution < -0.4 is 5.73 Å². The predicted molar refractivity (Wildman–Crippen MR) is 76.5 cm³/mol. The number of nitrogens with one attached hydrogen (secondary N) is 1. The zero-order valence-electron chi connectivity index (χ0n) is 11.5. The van der Waals surface area contributed by atoms with Gasteiger partial charge in [-0.15, -0.1) is 0 Å². The molecule has 0 bridgehead atoms. The highest BCUT2D eigenvalue weighted by molar-refractivity contribution is 5.75. The number of nitrogens with zero attached hydrogens (tertiary/aromatic N) is 1. The first kappa shape index (κ1) is 13.1. The second-order valence-electron chi connectivity index (χ2n) is 5.64. The number of fused-ring (bicyclic) bond motifs is 1. The van der Waals surface area contributed by atoms with Gasteiger partial charge in [-0.25, -0.2) is 4.98 Å². The van der Waals surface area contributed by atoms with Gasteiger partial charge < -0.3 is 10.7 Å². The minimum absolute atomic E-state index is 0.520. The second-order valence-corrected chi connectivity index (χ2v) is 5.64. The Hall–Kier alpha value is -1.35. The number of hydrogen-bond acceptors (Lipinski definition) is 2. The molecule has 3 N–H and O–H groups in total. The summed E-state index contributed by atoms with van der Waals surface area (Å²) < 4.78 is 0. The molecular weight excluding hydrogens is 222 g/mol. The van der Waals surface area contributed by atoms with Crippen LogP contribution in [-0.2, 0) is 6.42 Å². The van der Waals surface area contributed by atoms with Crippen molar-refractivity contribution in [2.45, 2.75) is 33.6 Å². The Morgan fingerprint density at radius 3 is 2.78 bits per heavy atom. The van der Waals surface area contributed by atoms with Crippen LogP contribution in [0.1, 0.15) is 31.7 Å². The van der Waals surface area contributed by atoms with E-state index in [1.807, 2.05) is 0 Å². The first-order valence-corrected chi connectivity index (χ1v) is 6.73. The van der Waals surface area contributed by atoms with Crippen molar-refractivity contribution >= 4 is 11.0 Å². The minimum atomic E-state index is 0.520. The molecule has 0 aliphatic rings. The van der Waals surface area contributed by atoms with E-state index in [0.717, 1.165) is 36.2 Å². The number of benzene rings is 1. The lowest BCUT2D eigenvalue weighted by Crippen LogP contribution is -2.19. The molecule has 0 fully saturated rings. The third-order valence-electron chi connectivity index (χ3n) is 3.31. The highest BCUT2D eigenvalue weighted by Gasteiger charge is 2.12. The number of aromatic amines is 1. The van der Waals surface area contributed by atoms with Crippen LogP contribution in [0.3, 0.4) is 0 Å². The number of aromatic nitrogens is 2. The van der Waals surface area contributed by atoms with E-state index in [9.17, 15) is 0 Å². The van der Waals surface area contributed by atoms with Crippen molar-refractivity contribution in [3.8, 4) is 0 Å². The van der Waals surface area contributed by atoms with Crippen LogP contribution >= 0.6 is 0 Å². The monoisotopic (exact) mass is 245 g/mol. The number of hydrogen-bond donors (Lipinski definition) is 2. The number of aryl methyl sites for hydroxylation is 1. The fraction of sp³-hybridized carbons (Fsp3) is 0.533. The second kappa shape index (κ2) is 5.53. The molecule has 0 aliphatic heterocycles. The van der Waals surface area contributed by atoms with Gasteiger partial charge in [-0.1, -0.05) is 19.9 Å². The van der Waals surface area contributed by atoms with Crippen molar-refractivity contribution in [3.05, 3.63) is 29.6 Å². The standard InChI is InChI=1S/C15H23N3/c1-10(2)6-12(9-16)8-15-17-13-5-4-11(3)7-14(13)18-15/h4-5,7,10,12H,6,8-9,16H2,1-3H3,(H,17,18). The van der Waals surface area contributed by atoms with Gasteiger partial charge in [0.1, 0.15) is 5.82 Å². The van der Waals surface area contributed by atoms with E-state index in [1.165, 1.54) is 5.56 Å². The Labute approximate surface area is 109 Å². The summed E-state index contributed by atoms with van der Waals surface area (Å²) in [7, 11) is 0. The first-order valence-electron chi connectivity index (χ1n) is 6.73. The molecule has 98 valence electrons. The van der Waals surface area contributed by atoms with Gasteiger partial charge in [-0.3, -0.25) is 0 Å². The number of nitrogens with two attached hydrogens (primary N) is 1. The topological polar surface area (TPSA) is 54.7 Å². The van der Waals surface area contributed by atoms with Crippen LogP contribution in [-0.4, -0.2) is 16.5 Å². The summed E-state index contributed by atoms with van der Waals surface area (Å²) in [5, 5.41) is 0. The minimum Gasteiger partial charge on any atom is -0.342 e. The number of H-pyrrole nitrogens is 1. The van der Waals surface area contributed by atoms with Crippen molar-refractivity contribution < 1.29 is 0 Å². The Bertz CT molecular complexity index is 513. The smallest absolute Gasteiger partial charge is 0.107 e. The Morgan fingerprint density at radius 2 is 2.11 bits per heavy atom. The molecular formula is C15H23N3. The highest BCUT2D eigenvalue weighted by atomic mass is 14.9. The molecule has 1 aromatic carbocycles. The molecule has 0 radical (unpaired) electrons. The molecule has 0 aliphatic carbocycles. The molecule has 1 heterocycles. The molecule has 0 spiro atoms. The third kappa shape index (κ3) is 3.10. The maximum atomic E-state index is 5.85. The highest BCUT2D eigenvalue weighted by Crippen LogP contribution is 2.18. The molecule has 3 nitrogen and oxygen atoms in total. The van der Waals surface area contributed by atoms with Gasteiger partial charge in [0.25, 0.3) is 0 Å². The van der Waals surface area contributed by atoms with Gasteiger partial charge in [0, 0.05) is 6.42 Å². The normalized spacial score (nSPS) is 13.4. The van der Waals surface area contributed by atoms with Crippen LogP contribution in [0.2, 0.25) is 0 Å². The SMILES string of the molecule is Cc1ccc2nc(CC(CN)CC(C)C)[nH]c2c1. The quantitative estimate of drug-likeness (QED) is 0.850. The Morgan fingerprint density at radius 1 is 1.33 bits per heavy atom. The maximum Gasteiger partial charge on any atom is 0.107 e. The molecule has 1 atom stereocenters. The lowest BCUT2D eigenvalue weighted by molar-refractivity contribution is 0.410. The summed E-state index contributed by atoms with van der Waals surface area (Å²) in [6.07, 6.45) is 2.11. The van der Waals surface area contributed by atoms with Gasteiger partial charge >= 0.3 is 0 Å². The summed E-state index contributed by atoms with van der Waals surface area (Å²) in [4.78, 5) is 8.05. The van der Waals surface area contributed by atoms with Crippen molar-refractivity contribution in [2.75, 3.05) is 6.54 Å². The average Bonchev–Trinajstić information content (AvgIpc) is 2.68. The van der Waals surface area contributed by atoms with E-state index in [0.29, 0.717) is 11.8 Å². The summed E-state index contributed by atoms with van der Waals surface area (Å²) in [5.74, 6) is 2.27. The van der Waals surface area contributed by atoms with Gasteiger partial charge in [0.15, 0.2) is 0 Å². The van der Waals surface area contributed by atoms with E-state index in [2.05, 4.69) is 48.9 Å². The molecule has 2 aromatic rings. The number of rotatable bonds is 5. The molecule has 0 saturated carbocycles. The average molecular weight is 245 g/mol. The van der Waals surface area contributed by atoms with Crippen LogP contribution in [0, 0.1) is 18.8 Å². The predicted octanol–water partition coefficient (Wildman–Crippen LogP) is 3.03. The summed E-state index contributed by atoms with van der Waals surface area (Å²) in [5.41, 5.74) is 9.29. The summed E-state index contributed by atoms with van der Waals surface area (Å²) >= 11 is 0. The lowest BCUT2D eigenvalue weighted by atomic mass is 9.94. The van der Waals surface area contributed by atoms with E-state index in [4.69, 9.17) is 5.73 Å².